The average Bonchev–Trinajstić information content (AvgIpc) is 3.51. The van der Waals surface area contributed by atoms with E-state index in [0.717, 1.165) is 30.4 Å². The fourth-order valence-corrected chi connectivity index (χ4v) is 4.94. The predicted molar refractivity (Wildman–Crippen MR) is 115 cm³/mol. The monoisotopic (exact) mass is 418 g/mol. The zero-order valence-corrected chi connectivity index (χ0v) is 17.2. The molecule has 2 atom stereocenters. The van der Waals surface area contributed by atoms with Gasteiger partial charge in [-0.1, -0.05) is 42.1 Å². The molecule has 7 nitrogen and oxygen atoms in total. The standard InChI is InChI=1S/C22H22N6OS/c23-10-16-18(13-6-7-13)17(11-24)22(27-21(16)28-9-8-15(25)12-28)30-19(20(26)29)14-4-2-1-3-5-14/h1-5,13,15,19H,6-9,12,25H2,(H2,26,29)/t15-,19?/m0/s1. The highest BCUT2D eigenvalue weighted by Gasteiger charge is 2.36. The van der Waals surface area contributed by atoms with Crippen molar-refractivity contribution in [2.45, 2.75) is 41.5 Å². The number of anilines is 1. The summed E-state index contributed by atoms with van der Waals surface area (Å²) in [7, 11) is 0. The number of carbonyl (C=O) groups excluding carboxylic acids is 1. The molecule has 2 aliphatic rings. The maximum atomic E-state index is 12.3. The first kappa shape index (κ1) is 20.2. The van der Waals surface area contributed by atoms with Crippen molar-refractivity contribution in [2.75, 3.05) is 18.0 Å². The highest BCUT2D eigenvalue weighted by Crippen LogP contribution is 2.48. The lowest BCUT2D eigenvalue weighted by molar-refractivity contribution is -0.117. The van der Waals surface area contributed by atoms with E-state index in [4.69, 9.17) is 16.5 Å². The van der Waals surface area contributed by atoms with Crippen LogP contribution in [0.25, 0.3) is 0 Å². The van der Waals surface area contributed by atoms with Crippen molar-refractivity contribution >= 4 is 23.5 Å². The van der Waals surface area contributed by atoms with E-state index in [9.17, 15) is 15.3 Å². The maximum absolute atomic E-state index is 12.3. The zero-order valence-electron chi connectivity index (χ0n) is 16.4. The van der Waals surface area contributed by atoms with E-state index in [2.05, 4.69) is 12.1 Å². The predicted octanol–water partition coefficient (Wildman–Crippen LogP) is 2.56. The average molecular weight is 419 g/mol. The molecule has 1 aromatic heterocycles. The summed E-state index contributed by atoms with van der Waals surface area (Å²) in [6.07, 6.45) is 2.70. The van der Waals surface area contributed by atoms with E-state index < -0.39 is 11.2 Å². The second-order valence-corrected chi connectivity index (χ2v) is 8.80. The molecule has 4 rings (SSSR count). The van der Waals surface area contributed by atoms with Crippen LogP contribution < -0.4 is 16.4 Å². The van der Waals surface area contributed by atoms with Crippen LogP contribution in [0.3, 0.4) is 0 Å². The molecule has 1 saturated carbocycles. The third-order valence-corrected chi connectivity index (χ3v) is 6.77. The van der Waals surface area contributed by atoms with Crippen LogP contribution in [0.1, 0.15) is 52.7 Å². The number of hydrogen-bond donors (Lipinski definition) is 2. The van der Waals surface area contributed by atoms with Crippen molar-refractivity contribution in [3.8, 4) is 12.1 Å². The number of rotatable bonds is 6. The van der Waals surface area contributed by atoms with Gasteiger partial charge in [0.2, 0.25) is 5.91 Å². The number of pyridine rings is 1. The topological polar surface area (TPSA) is 133 Å². The number of hydrogen-bond acceptors (Lipinski definition) is 7. The van der Waals surface area contributed by atoms with Crippen LogP contribution >= 0.6 is 11.8 Å². The van der Waals surface area contributed by atoms with E-state index in [-0.39, 0.29) is 12.0 Å². The SMILES string of the molecule is N#Cc1c(SC(C(N)=O)c2ccccc2)nc(N2CC[C@H](N)C2)c(C#N)c1C1CC1. The van der Waals surface area contributed by atoms with Gasteiger partial charge in [-0.25, -0.2) is 4.98 Å². The normalized spacial score (nSPS) is 19.2. The fourth-order valence-electron chi connectivity index (χ4n) is 3.89. The highest BCUT2D eigenvalue weighted by atomic mass is 32.2. The van der Waals surface area contributed by atoms with Crippen molar-refractivity contribution in [3.05, 3.63) is 52.6 Å². The summed E-state index contributed by atoms with van der Waals surface area (Å²) in [5.41, 5.74) is 14.1. The number of nitrogens with zero attached hydrogens (tertiary/aromatic N) is 4. The van der Waals surface area contributed by atoms with Gasteiger partial charge < -0.3 is 16.4 Å². The summed E-state index contributed by atoms with van der Waals surface area (Å²) >= 11 is 1.18. The quantitative estimate of drug-likeness (QED) is 0.689. The Balaban J connectivity index is 1.84. The van der Waals surface area contributed by atoms with Crippen molar-refractivity contribution in [1.82, 2.24) is 4.98 Å². The molecule has 1 aliphatic carbocycles. The minimum Gasteiger partial charge on any atom is -0.368 e. The summed E-state index contributed by atoms with van der Waals surface area (Å²) in [5, 5.41) is 19.6. The first-order chi connectivity index (χ1) is 14.5. The molecule has 2 heterocycles. The number of carbonyl (C=O) groups is 1. The van der Waals surface area contributed by atoms with E-state index in [1.807, 2.05) is 35.2 Å². The molecular formula is C22H22N6OS. The van der Waals surface area contributed by atoms with Crippen LogP contribution in [0.5, 0.6) is 0 Å². The molecule has 1 unspecified atom stereocenters. The molecule has 30 heavy (non-hydrogen) atoms. The smallest absolute Gasteiger partial charge is 0.235 e. The van der Waals surface area contributed by atoms with Crippen LogP contribution in [0.2, 0.25) is 0 Å². The Morgan fingerprint density at radius 1 is 1.17 bits per heavy atom. The Kier molecular flexibility index (Phi) is 5.63. The fraction of sp³-hybridized carbons (Fsp3) is 0.364. The van der Waals surface area contributed by atoms with Crippen LogP contribution in [-0.2, 0) is 4.79 Å². The number of amides is 1. The van der Waals surface area contributed by atoms with Gasteiger partial charge in [-0.3, -0.25) is 4.79 Å². The van der Waals surface area contributed by atoms with E-state index in [1.165, 1.54) is 11.8 Å². The van der Waals surface area contributed by atoms with Crippen LogP contribution in [0.4, 0.5) is 5.82 Å². The van der Waals surface area contributed by atoms with Crippen LogP contribution in [0.15, 0.2) is 35.4 Å². The molecule has 0 radical (unpaired) electrons. The number of primary amides is 1. The third kappa shape index (κ3) is 3.85. The molecule has 0 bridgehead atoms. The maximum Gasteiger partial charge on any atom is 0.235 e. The Morgan fingerprint density at radius 2 is 1.87 bits per heavy atom. The molecule has 0 spiro atoms. The van der Waals surface area contributed by atoms with Crippen molar-refractivity contribution < 1.29 is 4.79 Å². The molecule has 1 amide bonds. The number of aromatic nitrogens is 1. The number of thioether (sulfide) groups is 1. The van der Waals surface area contributed by atoms with Crippen LogP contribution in [0, 0.1) is 22.7 Å². The lowest BCUT2D eigenvalue weighted by atomic mass is 10.00. The Morgan fingerprint density at radius 3 is 2.40 bits per heavy atom. The van der Waals surface area contributed by atoms with Gasteiger partial charge in [-0.2, -0.15) is 10.5 Å². The number of nitrogens with two attached hydrogens (primary N) is 2. The molecule has 1 saturated heterocycles. The lowest BCUT2D eigenvalue weighted by Crippen LogP contribution is -2.28. The first-order valence-electron chi connectivity index (χ1n) is 9.93. The molecule has 1 aromatic carbocycles. The summed E-state index contributed by atoms with van der Waals surface area (Å²) < 4.78 is 0. The van der Waals surface area contributed by atoms with Crippen molar-refractivity contribution in [2.24, 2.45) is 11.5 Å². The van der Waals surface area contributed by atoms with E-state index in [1.54, 1.807) is 0 Å². The molecule has 1 aliphatic heterocycles. The molecule has 2 fully saturated rings. The zero-order chi connectivity index (χ0) is 21.3. The van der Waals surface area contributed by atoms with Gasteiger partial charge in [0.05, 0.1) is 11.1 Å². The van der Waals surface area contributed by atoms with Gasteiger partial charge in [-0.05, 0) is 36.3 Å². The highest BCUT2D eigenvalue weighted by molar-refractivity contribution is 8.00. The van der Waals surface area contributed by atoms with Crippen LogP contribution in [-0.4, -0.2) is 30.0 Å². The Labute approximate surface area is 179 Å². The van der Waals surface area contributed by atoms with Gasteiger partial charge in [-0.15, -0.1) is 0 Å². The second kappa shape index (κ2) is 8.35. The van der Waals surface area contributed by atoms with Crippen molar-refractivity contribution in [1.29, 1.82) is 10.5 Å². The summed E-state index contributed by atoms with van der Waals surface area (Å²) in [6.45, 7) is 1.32. The molecular weight excluding hydrogens is 396 g/mol. The van der Waals surface area contributed by atoms with Crippen molar-refractivity contribution in [3.63, 3.8) is 0 Å². The Bertz CT molecular complexity index is 1050. The Hall–Kier alpha value is -3.07. The molecule has 2 aromatic rings. The lowest BCUT2D eigenvalue weighted by Gasteiger charge is -2.23. The minimum absolute atomic E-state index is 0.0251. The van der Waals surface area contributed by atoms with Gasteiger partial charge in [0.1, 0.15) is 28.2 Å². The summed E-state index contributed by atoms with van der Waals surface area (Å²) in [6, 6.07) is 13.8. The van der Waals surface area contributed by atoms with Gasteiger partial charge in [0.25, 0.3) is 0 Å². The third-order valence-electron chi connectivity index (χ3n) is 5.51. The molecule has 152 valence electrons. The largest absolute Gasteiger partial charge is 0.368 e. The summed E-state index contributed by atoms with van der Waals surface area (Å²) in [5.74, 6) is 0.236. The van der Waals surface area contributed by atoms with E-state index in [0.29, 0.717) is 35.1 Å². The van der Waals surface area contributed by atoms with E-state index >= 15 is 0 Å². The molecule has 8 heteroatoms. The minimum atomic E-state index is -0.681. The first-order valence-corrected chi connectivity index (χ1v) is 10.8. The van der Waals surface area contributed by atoms with Gasteiger partial charge >= 0.3 is 0 Å². The van der Waals surface area contributed by atoms with Gasteiger partial charge in [0.15, 0.2) is 0 Å². The second-order valence-electron chi connectivity index (χ2n) is 7.71. The number of benzene rings is 1. The number of nitriles is 2. The van der Waals surface area contributed by atoms with Gasteiger partial charge in [0, 0.05) is 19.1 Å². The molecule has 4 N–H and O–H groups in total. The summed E-state index contributed by atoms with van der Waals surface area (Å²) in [4.78, 5) is 19.0.